The molecule has 0 atom stereocenters. The van der Waals surface area contributed by atoms with Crippen LogP contribution in [0.1, 0.15) is 21.5 Å². The number of anilines is 1. The molecule has 0 bridgehead atoms. The molecule has 0 fully saturated rings. The second-order valence-corrected chi connectivity index (χ2v) is 6.15. The molecule has 1 N–H and O–H groups in total. The lowest BCUT2D eigenvalue weighted by Crippen LogP contribution is -2.15. The van der Waals surface area contributed by atoms with Gasteiger partial charge < -0.3 is 10.1 Å². The maximum atomic E-state index is 13.9. The summed E-state index contributed by atoms with van der Waals surface area (Å²) in [6.45, 7) is 1.40. The fourth-order valence-corrected chi connectivity index (χ4v) is 2.71. The molecule has 0 spiro atoms. The Morgan fingerprint density at radius 3 is 2.24 bits per heavy atom. The number of halogens is 5. The van der Waals surface area contributed by atoms with Crippen LogP contribution >= 0.6 is 0 Å². The Labute approximate surface area is 162 Å². The Morgan fingerprint density at radius 2 is 1.62 bits per heavy atom. The van der Waals surface area contributed by atoms with Gasteiger partial charge in [0.15, 0.2) is 0 Å². The maximum Gasteiger partial charge on any atom is 0.419 e. The van der Waals surface area contributed by atoms with Gasteiger partial charge in [0.25, 0.3) is 5.91 Å². The van der Waals surface area contributed by atoms with Gasteiger partial charge in [-0.2, -0.15) is 13.2 Å². The lowest BCUT2D eigenvalue weighted by atomic mass is 10.1. The number of para-hydroxylation sites is 1. The minimum Gasteiger partial charge on any atom is -0.457 e. The van der Waals surface area contributed by atoms with E-state index in [1.165, 1.54) is 49.4 Å². The van der Waals surface area contributed by atoms with Crippen molar-refractivity contribution < 1.29 is 31.5 Å². The normalized spacial score (nSPS) is 11.2. The molecule has 0 radical (unpaired) electrons. The van der Waals surface area contributed by atoms with Crippen LogP contribution in [-0.2, 0) is 6.18 Å². The van der Waals surface area contributed by atoms with Crippen molar-refractivity contribution in [2.45, 2.75) is 13.1 Å². The molecule has 3 nitrogen and oxygen atoms in total. The number of carbonyl (C=O) groups excluding carboxylic acids is 1. The van der Waals surface area contributed by atoms with E-state index in [4.69, 9.17) is 4.74 Å². The highest BCUT2D eigenvalue weighted by Gasteiger charge is 2.34. The lowest BCUT2D eigenvalue weighted by molar-refractivity contribution is -0.138. The standard InChI is InChI=1S/C21H14F5NO2/c1-12-10-13(22)11-17(23)19(12)20(28)27-14-6-8-15(9-7-14)29-18-5-3-2-4-16(18)21(24,25)26/h2-11H,1H3,(H,27,28). The summed E-state index contributed by atoms with van der Waals surface area (Å²) < 4.78 is 71.4. The summed E-state index contributed by atoms with van der Waals surface area (Å²) in [6, 6.07) is 11.9. The molecule has 1 amide bonds. The topological polar surface area (TPSA) is 38.3 Å². The summed E-state index contributed by atoms with van der Waals surface area (Å²) in [6.07, 6.45) is -4.57. The summed E-state index contributed by atoms with van der Waals surface area (Å²) in [7, 11) is 0. The molecule has 8 heteroatoms. The highest BCUT2D eigenvalue weighted by Crippen LogP contribution is 2.38. The minimum atomic E-state index is -4.57. The molecule has 3 aromatic rings. The Kier molecular flexibility index (Phi) is 5.54. The first-order valence-corrected chi connectivity index (χ1v) is 8.36. The number of amides is 1. The molecule has 0 aliphatic rings. The van der Waals surface area contributed by atoms with Crippen molar-refractivity contribution >= 4 is 11.6 Å². The first kappa shape index (κ1) is 20.3. The SMILES string of the molecule is Cc1cc(F)cc(F)c1C(=O)Nc1ccc(Oc2ccccc2C(F)(F)F)cc1. The molecule has 0 aliphatic carbocycles. The number of aryl methyl sites for hydroxylation is 1. The third kappa shape index (κ3) is 4.71. The predicted octanol–water partition coefficient (Wildman–Crippen LogP) is 6.34. The van der Waals surface area contributed by atoms with Crippen LogP contribution in [0.2, 0.25) is 0 Å². The summed E-state index contributed by atoms with van der Waals surface area (Å²) in [5, 5.41) is 2.45. The van der Waals surface area contributed by atoms with Crippen LogP contribution in [-0.4, -0.2) is 5.91 Å². The summed E-state index contributed by atoms with van der Waals surface area (Å²) in [4.78, 5) is 12.3. The average Bonchev–Trinajstić information content (AvgIpc) is 2.62. The van der Waals surface area contributed by atoms with Gasteiger partial charge in [0, 0.05) is 11.8 Å². The minimum absolute atomic E-state index is 0.115. The van der Waals surface area contributed by atoms with Gasteiger partial charge in [0.1, 0.15) is 23.1 Å². The van der Waals surface area contributed by atoms with Crippen LogP contribution < -0.4 is 10.1 Å². The van der Waals surface area contributed by atoms with Crippen LogP contribution in [0.4, 0.5) is 27.6 Å². The average molecular weight is 407 g/mol. The van der Waals surface area contributed by atoms with E-state index in [1.807, 2.05) is 0 Å². The first-order valence-electron chi connectivity index (χ1n) is 8.36. The second-order valence-electron chi connectivity index (χ2n) is 6.15. The Bertz CT molecular complexity index is 1020. The van der Waals surface area contributed by atoms with E-state index in [9.17, 15) is 26.7 Å². The van der Waals surface area contributed by atoms with Crippen molar-refractivity contribution in [2.75, 3.05) is 5.32 Å². The number of ether oxygens (including phenoxy) is 1. The van der Waals surface area contributed by atoms with Crippen molar-refractivity contribution in [1.82, 2.24) is 0 Å². The number of benzene rings is 3. The van der Waals surface area contributed by atoms with Gasteiger partial charge in [-0.3, -0.25) is 4.79 Å². The van der Waals surface area contributed by atoms with E-state index in [2.05, 4.69) is 5.32 Å². The predicted molar refractivity (Wildman–Crippen MR) is 97.0 cm³/mol. The third-order valence-corrected chi connectivity index (χ3v) is 4.01. The maximum absolute atomic E-state index is 13.9. The van der Waals surface area contributed by atoms with E-state index in [1.54, 1.807) is 0 Å². The third-order valence-electron chi connectivity index (χ3n) is 4.01. The zero-order chi connectivity index (χ0) is 21.2. The highest BCUT2D eigenvalue weighted by atomic mass is 19.4. The van der Waals surface area contributed by atoms with Crippen molar-refractivity contribution in [1.29, 1.82) is 0 Å². The molecule has 0 aliphatic heterocycles. The number of nitrogens with one attached hydrogen (secondary N) is 1. The summed E-state index contributed by atoms with van der Waals surface area (Å²) in [5.74, 6) is -2.82. The van der Waals surface area contributed by atoms with Crippen LogP contribution in [0.15, 0.2) is 60.7 Å². The zero-order valence-corrected chi connectivity index (χ0v) is 15.0. The van der Waals surface area contributed by atoms with Crippen molar-refractivity contribution in [2.24, 2.45) is 0 Å². The van der Waals surface area contributed by atoms with Gasteiger partial charge in [-0.1, -0.05) is 12.1 Å². The number of carbonyl (C=O) groups is 1. The Morgan fingerprint density at radius 1 is 0.966 bits per heavy atom. The lowest BCUT2D eigenvalue weighted by Gasteiger charge is -2.14. The van der Waals surface area contributed by atoms with E-state index in [0.29, 0.717) is 6.07 Å². The van der Waals surface area contributed by atoms with Crippen molar-refractivity contribution in [3.63, 3.8) is 0 Å². The molecule has 150 valence electrons. The van der Waals surface area contributed by atoms with Gasteiger partial charge in [0.05, 0.1) is 11.1 Å². The first-order chi connectivity index (χ1) is 13.6. The van der Waals surface area contributed by atoms with Crippen molar-refractivity contribution in [3.8, 4) is 11.5 Å². The molecule has 0 saturated heterocycles. The van der Waals surface area contributed by atoms with E-state index in [0.717, 1.165) is 12.1 Å². The molecular weight excluding hydrogens is 393 g/mol. The summed E-state index contributed by atoms with van der Waals surface area (Å²) >= 11 is 0. The molecule has 29 heavy (non-hydrogen) atoms. The smallest absolute Gasteiger partial charge is 0.419 e. The van der Waals surface area contributed by atoms with Crippen LogP contribution in [0, 0.1) is 18.6 Å². The van der Waals surface area contributed by atoms with Gasteiger partial charge in [-0.05, 0) is 55.0 Å². The highest BCUT2D eigenvalue weighted by molar-refractivity contribution is 6.05. The summed E-state index contributed by atoms with van der Waals surface area (Å²) in [5.41, 5.74) is -0.830. The largest absolute Gasteiger partial charge is 0.457 e. The Hall–Kier alpha value is -3.42. The molecular formula is C21H14F5NO2. The zero-order valence-electron chi connectivity index (χ0n) is 15.0. The number of hydrogen-bond acceptors (Lipinski definition) is 2. The van der Waals surface area contributed by atoms with Gasteiger partial charge >= 0.3 is 6.18 Å². The van der Waals surface area contributed by atoms with Gasteiger partial charge in [-0.25, -0.2) is 8.78 Å². The fraction of sp³-hybridized carbons (Fsp3) is 0.0952. The van der Waals surface area contributed by atoms with Crippen LogP contribution in [0.25, 0.3) is 0 Å². The van der Waals surface area contributed by atoms with Crippen LogP contribution in [0.3, 0.4) is 0 Å². The van der Waals surface area contributed by atoms with Gasteiger partial charge in [-0.15, -0.1) is 0 Å². The molecule has 3 aromatic carbocycles. The molecule has 3 rings (SSSR count). The monoisotopic (exact) mass is 407 g/mol. The number of hydrogen-bond donors (Lipinski definition) is 1. The number of rotatable bonds is 4. The molecule has 0 heterocycles. The van der Waals surface area contributed by atoms with E-state index in [-0.39, 0.29) is 28.3 Å². The van der Waals surface area contributed by atoms with Crippen LogP contribution in [0.5, 0.6) is 11.5 Å². The van der Waals surface area contributed by atoms with E-state index >= 15 is 0 Å². The second kappa shape index (κ2) is 7.90. The fourth-order valence-electron chi connectivity index (χ4n) is 2.71. The molecule has 0 saturated carbocycles. The van der Waals surface area contributed by atoms with Crippen molar-refractivity contribution in [3.05, 3.63) is 89.0 Å². The van der Waals surface area contributed by atoms with Gasteiger partial charge in [0.2, 0.25) is 0 Å². The van der Waals surface area contributed by atoms with E-state index < -0.39 is 29.3 Å². The Balaban J connectivity index is 1.76. The molecule has 0 aromatic heterocycles. The quantitative estimate of drug-likeness (QED) is 0.513. The molecule has 0 unspecified atom stereocenters. The number of alkyl halides is 3.